The fourth-order valence-corrected chi connectivity index (χ4v) is 3.99. The van der Waals surface area contributed by atoms with E-state index in [1.165, 1.54) is 12.1 Å². The third-order valence-electron chi connectivity index (χ3n) is 3.76. The number of benzene rings is 2. The number of nitrogens with one attached hydrogen (secondary N) is 1. The molecule has 0 aliphatic carbocycles. The van der Waals surface area contributed by atoms with Gasteiger partial charge in [0.25, 0.3) is 11.6 Å². The Kier molecular flexibility index (Phi) is 5.64. The van der Waals surface area contributed by atoms with Crippen LogP contribution in [0.5, 0.6) is 5.75 Å². The number of amides is 1. The number of aryl methyl sites for hydroxylation is 1. The Balaban J connectivity index is 1.69. The van der Waals surface area contributed by atoms with Crippen LogP contribution in [0.15, 0.2) is 28.7 Å². The first-order valence-electron chi connectivity index (χ1n) is 7.69. The zero-order valence-electron chi connectivity index (χ0n) is 14.2. The van der Waals surface area contributed by atoms with Gasteiger partial charge in [0.05, 0.1) is 19.6 Å². The van der Waals surface area contributed by atoms with Crippen molar-refractivity contribution in [1.29, 1.82) is 0 Å². The number of ether oxygens (including phenoxy) is 1. The van der Waals surface area contributed by atoms with Crippen molar-refractivity contribution >= 4 is 65.8 Å². The number of thiazole rings is 1. The van der Waals surface area contributed by atoms with Crippen molar-refractivity contribution in [3.63, 3.8) is 0 Å². The summed E-state index contributed by atoms with van der Waals surface area (Å²) in [6.45, 7) is 3.50. The van der Waals surface area contributed by atoms with E-state index in [9.17, 15) is 14.9 Å². The van der Waals surface area contributed by atoms with E-state index in [4.69, 9.17) is 16.3 Å². The van der Waals surface area contributed by atoms with Crippen molar-refractivity contribution in [2.75, 3.05) is 11.9 Å². The molecule has 1 N–H and O–H groups in total. The summed E-state index contributed by atoms with van der Waals surface area (Å²) in [5, 5.41) is 14.5. The van der Waals surface area contributed by atoms with Crippen molar-refractivity contribution < 1.29 is 14.5 Å². The van der Waals surface area contributed by atoms with E-state index in [0.717, 1.165) is 22.5 Å². The summed E-state index contributed by atoms with van der Waals surface area (Å²) in [5.41, 5.74) is 2.24. The number of hydrogen-bond donors (Lipinski definition) is 1. The fraction of sp³-hybridized carbons (Fsp3) is 0.176. The van der Waals surface area contributed by atoms with Gasteiger partial charge in [-0.05, 0) is 53.0 Å². The van der Waals surface area contributed by atoms with E-state index in [0.29, 0.717) is 30.6 Å². The molecule has 0 atom stereocenters. The standard InChI is InChI=1S/C17H13BrClN3O4S/c1-8-5-12(15(18)9(2)16(8)19)26-7-14(23)21-17-20-11-4-3-10(22(24)25)6-13(11)27-17/h3-6H,7H2,1-2H3,(H,20,21,23). The van der Waals surface area contributed by atoms with Crippen LogP contribution in [0.2, 0.25) is 5.02 Å². The summed E-state index contributed by atoms with van der Waals surface area (Å²) < 4.78 is 6.89. The van der Waals surface area contributed by atoms with E-state index in [1.807, 2.05) is 13.8 Å². The molecule has 0 unspecified atom stereocenters. The van der Waals surface area contributed by atoms with E-state index in [1.54, 1.807) is 12.1 Å². The normalized spacial score (nSPS) is 10.8. The number of fused-ring (bicyclic) bond motifs is 1. The molecule has 0 spiro atoms. The number of carbonyl (C=O) groups is 1. The molecule has 27 heavy (non-hydrogen) atoms. The monoisotopic (exact) mass is 469 g/mol. The Morgan fingerprint density at radius 3 is 2.85 bits per heavy atom. The number of halogens is 2. The van der Waals surface area contributed by atoms with Gasteiger partial charge in [-0.2, -0.15) is 0 Å². The third kappa shape index (κ3) is 4.20. The van der Waals surface area contributed by atoms with Gasteiger partial charge >= 0.3 is 0 Å². The van der Waals surface area contributed by atoms with Crippen molar-refractivity contribution in [2.24, 2.45) is 0 Å². The molecule has 3 rings (SSSR count). The number of nitro benzene ring substituents is 1. The van der Waals surface area contributed by atoms with Crippen LogP contribution in [0.25, 0.3) is 10.2 Å². The molecule has 0 bridgehead atoms. The van der Waals surface area contributed by atoms with Crippen molar-refractivity contribution in [2.45, 2.75) is 13.8 Å². The Morgan fingerprint density at radius 1 is 1.41 bits per heavy atom. The topological polar surface area (TPSA) is 94.4 Å². The third-order valence-corrected chi connectivity index (χ3v) is 6.26. The molecule has 140 valence electrons. The Morgan fingerprint density at radius 2 is 2.15 bits per heavy atom. The number of non-ortho nitro benzene ring substituents is 1. The van der Waals surface area contributed by atoms with Crippen LogP contribution >= 0.6 is 38.9 Å². The van der Waals surface area contributed by atoms with Gasteiger partial charge in [0.2, 0.25) is 0 Å². The highest BCUT2D eigenvalue weighted by atomic mass is 79.9. The predicted molar refractivity (Wildman–Crippen MR) is 109 cm³/mol. The second-order valence-corrected chi connectivity index (χ2v) is 7.91. The van der Waals surface area contributed by atoms with Gasteiger partial charge in [-0.1, -0.05) is 22.9 Å². The van der Waals surface area contributed by atoms with Crippen LogP contribution < -0.4 is 10.1 Å². The minimum Gasteiger partial charge on any atom is -0.483 e. The maximum Gasteiger partial charge on any atom is 0.270 e. The van der Waals surface area contributed by atoms with Gasteiger partial charge in [-0.15, -0.1) is 0 Å². The lowest BCUT2D eigenvalue weighted by atomic mass is 10.1. The van der Waals surface area contributed by atoms with Crippen LogP contribution in [0, 0.1) is 24.0 Å². The largest absolute Gasteiger partial charge is 0.483 e. The number of rotatable bonds is 5. The lowest BCUT2D eigenvalue weighted by Gasteiger charge is -2.12. The molecular weight excluding hydrogens is 458 g/mol. The molecule has 2 aromatic carbocycles. The van der Waals surface area contributed by atoms with Crippen LogP contribution in [0.3, 0.4) is 0 Å². The van der Waals surface area contributed by atoms with E-state index < -0.39 is 4.92 Å². The van der Waals surface area contributed by atoms with E-state index in [-0.39, 0.29) is 18.2 Å². The van der Waals surface area contributed by atoms with Gasteiger partial charge < -0.3 is 4.74 Å². The van der Waals surface area contributed by atoms with Gasteiger partial charge in [0, 0.05) is 17.2 Å². The first-order chi connectivity index (χ1) is 12.8. The molecular formula is C17H13BrClN3O4S. The van der Waals surface area contributed by atoms with E-state index >= 15 is 0 Å². The van der Waals surface area contributed by atoms with Crippen LogP contribution in [-0.2, 0) is 4.79 Å². The van der Waals surface area contributed by atoms with Crippen LogP contribution in [-0.4, -0.2) is 22.4 Å². The van der Waals surface area contributed by atoms with Gasteiger partial charge in [-0.25, -0.2) is 4.98 Å². The molecule has 7 nitrogen and oxygen atoms in total. The minimum atomic E-state index is -0.473. The highest BCUT2D eigenvalue weighted by molar-refractivity contribution is 9.10. The molecule has 3 aromatic rings. The smallest absolute Gasteiger partial charge is 0.270 e. The number of hydrogen-bond acceptors (Lipinski definition) is 6. The Labute approximate surface area is 171 Å². The Hall–Kier alpha value is -2.23. The average molecular weight is 471 g/mol. The molecule has 0 saturated heterocycles. The van der Waals surface area contributed by atoms with Crippen molar-refractivity contribution in [3.05, 3.63) is 55.0 Å². The van der Waals surface area contributed by atoms with Crippen LogP contribution in [0.4, 0.5) is 10.8 Å². The second kappa shape index (κ2) is 7.79. The maximum atomic E-state index is 12.2. The SMILES string of the molecule is Cc1cc(OCC(=O)Nc2nc3ccc([N+](=O)[O-])cc3s2)c(Br)c(C)c1Cl. The molecule has 1 amide bonds. The van der Waals surface area contributed by atoms with Crippen LogP contribution in [0.1, 0.15) is 11.1 Å². The molecule has 0 fully saturated rings. The molecule has 1 aromatic heterocycles. The van der Waals surface area contributed by atoms with Gasteiger partial charge in [0.15, 0.2) is 11.7 Å². The highest BCUT2D eigenvalue weighted by Gasteiger charge is 2.14. The van der Waals surface area contributed by atoms with E-state index in [2.05, 4.69) is 26.2 Å². The number of carbonyl (C=O) groups excluding carboxylic acids is 1. The number of aromatic nitrogens is 1. The lowest BCUT2D eigenvalue weighted by Crippen LogP contribution is -2.20. The molecule has 0 aliphatic rings. The molecule has 0 radical (unpaired) electrons. The number of nitrogens with zero attached hydrogens (tertiary/aromatic N) is 2. The zero-order chi connectivity index (χ0) is 19.7. The minimum absolute atomic E-state index is 0.0225. The fourth-order valence-electron chi connectivity index (χ4n) is 2.38. The summed E-state index contributed by atoms with van der Waals surface area (Å²) in [7, 11) is 0. The lowest BCUT2D eigenvalue weighted by molar-refractivity contribution is -0.384. The number of anilines is 1. The molecule has 10 heteroatoms. The summed E-state index contributed by atoms with van der Waals surface area (Å²) in [4.78, 5) is 26.8. The highest BCUT2D eigenvalue weighted by Crippen LogP contribution is 2.35. The summed E-state index contributed by atoms with van der Waals surface area (Å²) >= 11 is 10.8. The zero-order valence-corrected chi connectivity index (χ0v) is 17.4. The summed E-state index contributed by atoms with van der Waals surface area (Å²) in [6, 6.07) is 6.10. The molecule has 0 saturated carbocycles. The van der Waals surface area contributed by atoms with Crippen molar-refractivity contribution in [1.82, 2.24) is 4.98 Å². The second-order valence-electron chi connectivity index (χ2n) is 5.71. The Bertz CT molecular complexity index is 1070. The average Bonchev–Trinajstić information content (AvgIpc) is 3.02. The quantitative estimate of drug-likeness (QED) is 0.406. The van der Waals surface area contributed by atoms with Gasteiger partial charge in [-0.3, -0.25) is 20.2 Å². The first kappa shape index (κ1) is 19.5. The first-order valence-corrected chi connectivity index (χ1v) is 9.68. The summed E-state index contributed by atoms with van der Waals surface area (Å²) in [5.74, 6) is 0.130. The van der Waals surface area contributed by atoms with Gasteiger partial charge in [0.1, 0.15) is 5.75 Å². The molecule has 1 heterocycles. The molecule has 0 aliphatic heterocycles. The summed E-state index contributed by atoms with van der Waals surface area (Å²) in [6.07, 6.45) is 0. The maximum absolute atomic E-state index is 12.2. The predicted octanol–water partition coefficient (Wildman–Crippen LogP) is 5.25. The number of nitro groups is 1. The van der Waals surface area contributed by atoms with Crippen molar-refractivity contribution in [3.8, 4) is 5.75 Å².